The molecule has 0 spiro atoms. The van der Waals surface area contributed by atoms with E-state index < -0.39 is 5.91 Å². The van der Waals surface area contributed by atoms with E-state index in [-0.39, 0.29) is 11.0 Å². The molecule has 3 N–H and O–H groups in total. The van der Waals surface area contributed by atoms with Crippen LogP contribution in [0.2, 0.25) is 5.02 Å². The number of thiocarbonyl (C=S) groups is 1. The number of furan rings is 1. The number of benzene rings is 2. The molecule has 0 atom stereocenters. The monoisotopic (exact) mass is 521 g/mol. The maximum absolute atomic E-state index is 12.3. The molecule has 2 aromatic heterocycles. The van der Waals surface area contributed by atoms with E-state index >= 15 is 0 Å². The van der Waals surface area contributed by atoms with Crippen LogP contribution in [0.5, 0.6) is 0 Å². The van der Waals surface area contributed by atoms with E-state index in [1.165, 1.54) is 17.4 Å². The Morgan fingerprint density at radius 3 is 2.54 bits per heavy atom. The summed E-state index contributed by atoms with van der Waals surface area (Å²) >= 11 is 12.8. The molecule has 0 aliphatic carbocycles. The van der Waals surface area contributed by atoms with Crippen molar-refractivity contribution in [2.45, 2.75) is 6.92 Å². The third-order valence-electron chi connectivity index (χ3n) is 4.84. The van der Waals surface area contributed by atoms with Crippen molar-refractivity contribution < 1.29 is 14.0 Å². The molecule has 0 aliphatic heterocycles. The Labute approximate surface area is 216 Å². The molecule has 2 amide bonds. The second kappa shape index (κ2) is 11.1. The summed E-state index contributed by atoms with van der Waals surface area (Å²) in [4.78, 5) is 25.1. The topological polar surface area (TPSA) is 83.4 Å². The van der Waals surface area contributed by atoms with E-state index in [0.29, 0.717) is 32.8 Å². The molecule has 0 bridgehead atoms. The number of rotatable bonds is 6. The van der Waals surface area contributed by atoms with Crippen molar-refractivity contribution in [1.82, 2.24) is 5.32 Å². The van der Waals surface area contributed by atoms with Crippen molar-refractivity contribution in [1.29, 1.82) is 0 Å². The van der Waals surface area contributed by atoms with Crippen molar-refractivity contribution in [3.05, 3.63) is 99.4 Å². The van der Waals surface area contributed by atoms with Crippen LogP contribution in [0.15, 0.2) is 82.6 Å². The van der Waals surface area contributed by atoms with Gasteiger partial charge in [0.05, 0.1) is 4.88 Å². The fourth-order valence-corrected chi connectivity index (χ4v) is 4.11. The first-order valence-electron chi connectivity index (χ1n) is 10.5. The van der Waals surface area contributed by atoms with Crippen LogP contribution in [0.1, 0.15) is 21.0 Å². The highest BCUT2D eigenvalue weighted by molar-refractivity contribution is 7.80. The van der Waals surface area contributed by atoms with Gasteiger partial charge >= 0.3 is 0 Å². The average molecular weight is 522 g/mol. The molecule has 2 heterocycles. The van der Waals surface area contributed by atoms with Gasteiger partial charge in [0, 0.05) is 28.0 Å². The lowest BCUT2D eigenvalue weighted by molar-refractivity contribution is -0.115. The van der Waals surface area contributed by atoms with Gasteiger partial charge in [-0.25, -0.2) is 0 Å². The predicted octanol–water partition coefficient (Wildman–Crippen LogP) is 6.75. The lowest BCUT2D eigenvalue weighted by Gasteiger charge is -2.10. The molecule has 0 unspecified atom stereocenters. The zero-order chi connectivity index (χ0) is 24.8. The molecule has 0 saturated carbocycles. The number of hydrogen-bond donors (Lipinski definition) is 3. The smallest absolute Gasteiger partial charge is 0.265 e. The van der Waals surface area contributed by atoms with Crippen LogP contribution in [0.25, 0.3) is 17.4 Å². The second-order valence-electron chi connectivity index (χ2n) is 7.45. The Morgan fingerprint density at radius 1 is 1.00 bits per heavy atom. The molecular weight excluding hydrogens is 502 g/mol. The second-order valence-corrected chi connectivity index (χ2v) is 9.22. The Bertz CT molecular complexity index is 1410. The number of amides is 2. The van der Waals surface area contributed by atoms with E-state index in [2.05, 4.69) is 16.0 Å². The molecule has 2 aromatic carbocycles. The highest BCUT2D eigenvalue weighted by Crippen LogP contribution is 2.27. The molecule has 6 nitrogen and oxygen atoms in total. The van der Waals surface area contributed by atoms with E-state index in [4.69, 9.17) is 28.2 Å². The molecule has 35 heavy (non-hydrogen) atoms. The third kappa shape index (κ3) is 6.66. The summed E-state index contributed by atoms with van der Waals surface area (Å²) in [6.07, 6.45) is 2.88. The van der Waals surface area contributed by atoms with Crippen molar-refractivity contribution in [2.75, 3.05) is 10.6 Å². The normalized spacial score (nSPS) is 10.8. The highest BCUT2D eigenvalue weighted by Gasteiger charge is 2.09. The van der Waals surface area contributed by atoms with Crippen LogP contribution in [0.4, 0.5) is 11.4 Å². The molecule has 0 aliphatic rings. The zero-order valence-corrected chi connectivity index (χ0v) is 20.9. The van der Waals surface area contributed by atoms with Gasteiger partial charge in [0.15, 0.2) is 5.11 Å². The molecule has 0 radical (unpaired) electrons. The van der Waals surface area contributed by atoms with Crippen LogP contribution in [-0.4, -0.2) is 16.9 Å². The van der Waals surface area contributed by atoms with Crippen molar-refractivity contribution >= 4 is 69.5 Å². The molecule has 9 heteroatoms. The zero-order valence-electron chi connectivity index (χ0n) is 18.5. The van der Waals surface area contributed by atoms with Crippen LogP contribution in [0.3, 0.4) is 0 Å². The summed E-state index contributed by atoms with van der Waals surface area (Å²) in [6, 6.07) is 19.9. The SMILES string of the molecule is Cc1ccc(-c2ccc(/C=C/C(=O)NC(=S)Nc3cccc(NC(=O)c4cccs4)c3)o2)cc1Cl. The standard InChI is InChI=1S/C26H20ClN3O3S2/c1-16-7-8-17(14-21(16)27)22-11-9-20(33-22)10-12-24(31)30-26(34)29-19-5-2-4-18(15-19)28-25(32)23-6-3-13-35-23/h2-15H,1H3,(H,28,32)(H2,29,30,31,34)/b12-10+. The Hall–Kier alpha value is -3.72. The van der Waals surface area contributed by atoms with Crippen LogP contribution >= 0.6 is 35.2 Å². The molecule has 0 saturated heterocycles. The quantitative estimate of drug-likeness (QED) is 0.193. The van der Waals surface area contributed by atoms with Crippen LogP contribution in [0, 0.1) is 6.92 Å². The first kappa shape index (κ1) is 24.4. The van der Waals surface area contributed by atoms with Crippen LogP contribution in [-0.2, 0) is 4.79 Å². The molecule has 0 fully saturated rings. The summed E-state index contributed by atoms with van der Waals surface area (Å²) in [5.41, 5.74) is 3.06. The minimum Gasteiger partial charge on any atom is -0.457 e. The molecule has 4 aromatic rings. The van der Waals surface area contributed by atoms with Gasteiger partial charge < -0.3 is 15.1 Å². The summed E-state index contributed by atoms with van der Waals surface area (Å²) in [6.45, 7) is 1.93. The number of carbonyl (C=O) groups is 2. The van der Waals surface area contributed by atoms with Gasteiger partial charge in [-0.1, -0.05) is 35.9 Å². The number of anilines is 2. The molecule has 4 rings (SSSR count). The van der Waals surface area contributed by atoms with E-state index in [1.807, 2.05) is 42.6 Å². The maximum atomic E-state index is 12.3. The summed E-state index contributed by atoms with van der Waals surface area (Å²) in [5.74, 6) is 0.556. The van der Waals surface area contributed by atoms with E-state index in [0.717, 1.165) is 11.1 Å². The number of nitrogens with one attached hydrogen (secondary N) is 3. The van der Waals surface area contributed by atoms with Crippen LogP contribution < -0.4 is 16.0 Å². The van der Waals surface area contributed by atoms with Crippen molar-refractivity contribution in [3.63, 3.8) is 0 Å². The summed E-state index contributed by atoms with van der Waals surface area (Å²) in [7, 11) is 0. The van der Waals surface area contributed by atoms with Gasteiger partial charge in [0.2, 0.25) is 5.91 Å². The lowest BCUT2D eigenvalue weighted by atomic mass is 10.1. The Balaban J connectivity index is 1.31. The summed E-state index contributed by atoms with van der Waals surface area (Å²) < 4.78 is 5.78. The molecule has 176 valence electrons. The number of carbonyl (C=O) groups excluding carboxylic acids is 2. The summed E-state index contributed by atoms with van der Waals surface area (Å²) in [5, 5.41) is 11.0. The largest absolute Gasteiger partial charge is 0.457 e. The van der Waals surface area contributed by atoms with Gasteiger partial charge in [0.1, 0.15) is 11.5 Å². The predicted molar refractivity (Wildman–Crippen MR) is 146 cm³/mol. The first-order valence-corrected chi connectivity index (χ1v) is 12.2. The van der Waals surface area contributed by atoms with Gasteiger partial charge in [-0.05, 0) is 78.6 Å². The number of aryl methyl sites for hydroxylation is 1. The van der Waals surface area contributed by atoms with Crippen molar-refractivity contribution in [2.24, 2.45) is 0 Å². The number of halogens is 1. The van der Waals surface area contributed by atoms with E-state index in [1.54, 1.807) is 42.5 Å². The average Bonchev–Trinajstić information content (AvgIpc) is 3.52. The number of thiophene rings is 1. The molecular formula is C26H20ClN3O3S2. The minimum atomic E-state index is -0.416. The minimum absolute atomic E-state index is 0.121. The lowest BCUT2D eigenvalue weighted by Crippen LogP contribution is -2.32. The fourth-order valence-electron chi connectivity index (χ4n) is 3.09. The first-order chi connectivity index (χ1) is 16.9. The van der Waals surface area contributed by atoms with Gasteiger partial charge in [-0.2, -0.15) is 0 Å². The Kier molecular flexibility index (Phi) is 7.77. The van der Waals surface area contributed by atoms with Gasteiger partial charge in [-0.3, -0.25) is 14.9 Å². The Morgan fingerprint density at radius 2 is 1.80 bits per heavy atom. The number of hydrogen-bond acceptors (Lipinski definition) is 5. The third-order valence-corrected chi connectivity index (χ3v) is 6.32. The highest BCUT2D eigenvalue weighted by atomic mass is 35.5. The van der Waals surface area contributed by atoms with E-state index in [9.17, 15) is 9.59 Å². The van der Waals surface area contributed by atoms with Crippen molar-refractivity contribution in [3.8, 4) is 11.3 Å². The van der Waals surface area contributed by atoms with Gasteiger partial charge in [0.25, 0.3) is 5.91 Å². The maximum Gasteiger partial charge on any atom is 0.265 e. The fraction of sp³-hybridized carbons (Fsp3) is 0.0385. The van der Waals surface area contributed by atoms with Gasteiger partial charge in [-0.15, -0.1) is 11.3 Å².